The van der Waals surface area contributed by atoms with Crippen LogP contribution in [0.5, 0.6) is 0 Å². The van der Waals surface area contributed by atoms with E-state index < -0.39 is 0 Å². The Kier molecular flexibility index (Phi) is 3.71. The largest absolute Gasteiger partial charge is 0.339 e. The van der Waals surface area contributed by atoms with Gasteiger partial charge in [-0.2, -0.15) is 4.98 Å². The van der Waals surface area contributed by atoms with E-state index in [1.165, 1.54) is 5.56 Å². The Hall–Kier alpha value is -1.68. The molecule has 0 amide bonds. The van der Waals surface area contributed by atoms with Gasteiger partial charge in [0.2, 0.25) is 5.89 Å². The van der Waals surface area contributed by atoms with Gasteiger partial charge < -0.3 is 10.3 Å². The summed E-state index contributed by atoms with van der Waals surface area (Å²) in [5.41, 5.74) is 8.58. The number of benzene rings is 1. The van der Waals surface area contributed by atoms with E-state index in [2.05, 4.69) is 43.0 Å². The molecule has 1 heterocycles. The van der Waals surface area contributed by atoms with Crippen LogP contribution in [0.1, 0.15) is 56.6 Å². The Labute approximate surface area is 114 Å². The molecule has 1 unspecified atom stereocenters. The first kappa shape index (κ1) is 13.7. The second kappa shape index (κ2) is 5.13. The number of rotatable bonds is 3. The minimum Gasteiger partial charge on any atom is -0.339 e. The van der Waals surface area contributed by atoms with Gasteiger partial charge in [0.25, 0.3) is 0 Å². The number of hydrogen-bond donors (Lipinski definition) is 1. The van der Waals surface area contributed by atoms with Crippen LogP contribution >= 0.6 is 0 Å². The third kappa shape index (κ3) is 3.01. The van der Waals surface area contributed by atoms with E-state index >= 15 is 0 Å². The van der Waals surface area contributed by atoms with Crippen LogP contribution in [-0.4, -0.2) is 10.1 Å². The van der Waals surface area contributed by atoms with Crippen molar-refractivity contribution in [3.63, 3.8) is 0 Å². The molecular weight excluding hydrogens is 238 g/mol. The van der Waals surface area contributed by atoms with E-state index in [0.717, 1.165) is 12.0 Å². The zero-order valence-electron chi connectivity index (χ0n) is 12.0. The molecule has 19 heavy (non-hydrogen) atoms. The molecule has 0 bridgehead atoms. The Morgan fingerprint density at radius 3 is 2.32 bits per heavy atom. The summed E-state index contributed by atoms with van der Waals surface area (Å²) in [5, 5.41) is 3.92. The maximum atomic E-state index is 6.16. The topological polar surface area (TPSA) is 64.9 Å². The van der Waals surface area contributed by atoms with Crippen molar-refractivity contribution < 1.29 is 4.52 Å². The lowest BCUT2D eigenvalue weighted by Crippen LogP contribution is -2.15. The summed E-state index contributed by atoms with van der Waals surface area (Å²) in [6.07, 6.45) is 0.725. The van der Waals surface area contributed by atoms with Crippen LogP contribution in [0, 0.1) is 0 Å². The Balaban J connectivity index is 2.22. The van der Waals surface area contributed by atoms with Crippen LogP contribution in [0.25, 0.3) is 0 Å². The summed E-state index contributed by atoms with van der Waals surface area (Å²) in [4.78, 5) is 4.27. The maximum Gasteiger partial charge on any atom is 0.226 e. The molecule has 1 aromatic heterocycles. The van der Waals surface area contributed by atoms with E-state index in [4.69, 9.17) is 10.3 Å². The van der Waals surface area contributed by atoms with Crippen molar-refractivity contribution in [2.75, 3.05) is 0 Å². The Morgan fingerprint density at radius 2 is 1.84 bits per heavy atom. The quantitative estimate of drug-likeness (QED) is 0.920. The molecule has 2 aromatic rings. The number of hydrogen-bond acceptors (Lipinski definition) is 4. The van der Waals surface area contributed by atoms with Crippen LogP contribution in [0.2, 0.25) is 0 Å². The van der Waals surface area contributed by atoms with Crippen molar-refractivity contribution in [3.8, 4) is 0 Å². The number of aryl methyl sites for hydroxylation is 1. The Bertz CT molecular complexity index is 537. The zero-order chi connectivity index (χ0) is 14.0. The van der Waals surface area contributed by atoms with Gasteiger partial charge >= 0.3 is 0 Å². The molecule has 102 valence electrons. The lowest BCUT2D eigenvalue weighted by atomic mass is 9.86. The van der Waals surface area contributed by atoms with Gasteiger partial charge in [-0.1, -0.05) is 57.1 Å². The highest BCUT2D eigenvalue weighted by Gasteiger charge is 2.17. The molecule has 4 heteroatoms. The molecule has 0 aliphatic heterocycles. The van der Waals surface area contributed by atoms with Gasteiger partial charge in [0.05, 0.1) is 6.04 Å². The predicted molar refractivity (Wildman–Crippen MR) is 74.8 cm³/mol. The van der Waals surface area contributed by atoms with Crippen molar-refractivity contribution in [1.82, 2.24) is 10.1 Å². The molecule has 0 saturated heterocycles. The SMILES string of the molecule is CCc1nc(C(N)c2ccc(C(C)(C)C)cc2)no1. The first-order chi connectivity index (χ1) is 8.91. The second-order valence-electron chi connectivity index (χ2n) is 5.75. The van der Waals surface area contributed by atoms with Gasteiger partial charge in [-0.05, 0) is 16.5 Å². The number of aromatic nitrogens is 2. The summed E-state index contributed by atoms with van der Waals surface area (Å²) in [6, 6.07) is 7.95. The lowest BCUT2D eigenvalue weighted by molar-refractivity contribution is 0.375. The van der Waals surface area contributed by atoms with E-state index in [9.17, 15) is 0 Å². The predicted octanol–water partition coefficient (Wildman–Crippen LogP) is 2.98. The van der Waals surface area contributed by atoms with Crippen LogP contribution in [0.3, 0.4) is 0 Å². The first-order valence-corrected chi connectivity index (χ1v) is 6.60. The first-order valence-electron chi connectivity index (χ1n) is 6.60. The van der Waals surface area contributed by atoms with Gasteiger partial charge in [-0.25, -0.2) is 0 Å². The van der Waals surface area contributed by atoms with Crippen LogP contribution in [-0.2, 0) is 11.8 Å². The molecule has 2 rings (SSSR count). The van der Waals surface area contributed by atoms with Gasteiger partial charge in [-0.15, -0.1) is 0 Å². The highest BCUT2D eigenvalue weighted by molar-refractivity contribution is 5.31. The van der Waals surface area contributed by atoms with Crippen molar-refractivity contribution in [2.24, 2.45) is 5.73 Å². The zero-order valence-corrected chi connectivity index (χ0v) is 12.0. The Morgan fingerprint density at radius 1 is 1.21 bits per heavy atom. The van der Waals surface area contributed by atoms with Crippen molar-refractivity contribution in [2.45, 2.75) is 45.6 Å². The minimum atomic E-state index is -0.335. The maximum absolute atomic E-state index is 6.16. The lowest BCUT2D eigenvalue weighted by Gasteiger charge is -2.19. The molecule has 1 aromatic carbocycles. The van der Waals surface area contributed by atoms with Gasteiger partial charge in [0.15, 0.2) is 5.82 Å². The van der Waals surface area contributed by atoms with Crippen LogP contribution in [0.4, 0.5) is 0 Å². The summed E-state index contributed by atoms with van der Waals surface area (Å²) < 4.78 is 5.09. The summed E-state index contributed by atoms with van der Waals surface area (Å²) in [6.45, 7) is 8.54. The summed E-state index contributed by atoms with van der Waals surface area (Å²) >= 11 is 0. The molecule has 1 atom stereocenters. The average molecular weight is 259 g/mol. The van der Waals surface area contributed by atoms with Crippen molar-refractivity contribution in [1.29, 1.82) is 0 Å². The fourth-order valence-corrected chi connectivity index (χ4v) is 1.88. The summed E-state index contributed by atoms with van der Waals surface area (Å²) in [7, 11) is 0. The van der Waals surface area contributed by atoms with E-state index in [-0.39, 0.29) is 11.5 Å². The van der Waals surface area contributed by atoms with Crippen LogP contribution in [0.15, 0.2) is 28.8 Å². The van der Waals surface area contributed by atoms with E-state index in [1.54, 1.807) is 0 Å². The highest BCUT2D eigenvalue weighted by atomic mass is 16.5. The molecule has 4 nitrogen and oxygen atoms in total. The molecule has 0 fully saturated rings. The third-order valence-corrected chi connectivity index (χ3v) is 3.20. The number of nitrogens with zero attached hydrogens (tertiary/aromatic N) is 2. The number of nitrogens with two attached hydrogens (primary N) is 1. The highest BCUT2D eigenvalue weighted by Crippen LogP contribution is 2.24. The fourth-order valence-electron chi connectivity index (χ4n) is 1.88. The smallest absolute Gasteiger partial charge is 0.226 e. The summed E-state index contributed by atoms with van der Waals surface area (Å²) in [5.74, 6) is 1.16. The van der Waals surface area contributed by atoms with Gasteiger partial charge in [0.1, 0.15) is 0 Å². The standard InChI is InChI=1S/C15H21N3O/c1-5-12-17-14(18-19-12)13(16)10-6-8-11(9-7-10)15(2,3)4/h6-9,13H,5,16H2,1-4H3. The molecule has 0 saturated carbocycles. The molecule has 0 aliphatic rings. The fraction of sp³-hybridized carbons (Fsp3) is 0.467. The molecule has 2 N–H and O–H groups in total. The molecule has 0 radical (unpaired) electrons. The van der Waals surface area contributed by atoms with Gasteiger partial charge in [-0.3, -0.25) is 0 Å². The molecular formula is C15H21N3O. The van der Waals surface area contributed by atoms with Crippen molar-refractivity contribution in [3.05, 3.63) is 47.1 Å². The van der Waals surface area contributed by atoms with Crippen LogP contribution < -0.4 is 5.73 Å². The normalized spacial score (nSPS) is 13.5. The van der Waals surface area contributed by atoms with E-state index in [0.29, 0.717) is 11.7 Å². The molecule has 0 spiro atoms. The third-order valence-electron chi connectivity index (χ3n) is 3.20. The average Bonchev–Trinajstić information content (AvgIpc) is 2.86. The monoisotopic (exact) mass is 259 g/mol. The second-order valence-corrected chi connectivity index (χ2v) is 5.75. The minimum absolute atomic E-state index is 0.143. The van der Waals surface area contributed by atoms with E-state index in [1.807, 2.05) is 19.1 Å². The van der Waals surface area contributed by atoms with Crippen molar-refractivity contribution >= 4 is 0 Å². The molecule has 0 aliphatic carbocycles. The van der Waals surface area contributed by atoms with Gasteiger partial charge in [0, 0.05) is 6.42 Å².